The number of nitrogens with two attached hydrogens (primary N) is 1. The molecule has 0 saturated heterocycles. The number of nitrogens with one attached hydrogen (secondary N) is 2. The van der Waals surface area contributed by atoms with Gasteiger partial charge in [-0.2, -0.15) is 0 Å². The van der Waals surface area contributed by atoms with Crippen molar-refractivity contribution in [2.75, 3.05) is 5.32 Å². The van der Waals surface area contributed by atoms with Gasteiger partial charge in [0.25, 0.3) is 5.91 Å². The quantitative estimate of drug-likeness (QED) is 0.318. The molecule has 2 aliphatic carbocycles. The molecule has 1 aromatic carbocycles. The van der Waals surface area contributed by atoms with E-state index in [-0.39, 0.29) is 49.6 Å². The van der Waals surface area contributed by atoms with E-state index in [0.717, 1.165) is 36.6 Å². The van der Waals surface area contributed by atoms with Crippen LogP contribution >= 0.6 is 0 Å². The van der Waals surface area contributed by atoms with E-state index in [1.165, 1.54) is 0 Å². The van der Waals surface area contributed by atoms with Crippen LogP contribution in [0.1, 0.15) is 73.3 Å². The van der Waals surface area contributed by atoms with Crippen LogP contribution in [0.5, 0.6) is 0 Å². The molecule has 3 aromatic rings. The molecule has 0 radical (unpaired) electrons. The second-order valence-corrected chi connectivity index (χ2v) is 10.1. The number of aromatic nitrogens is 2. The van der Waals surface area contributed by atoms with Gasteiger partial charge in [0.1, 0.15) is 5.82 Å². The van der Waals surface area contributed by atoms with E-state index in [0.29, 0.717) is 22.9 Å². The van der Waals surface area contributed by atoms with Gasteiger partial charge in [0, 0.05) is 30.3 Å². The number of rotatable bonds is 6. The molecule has 2 heterocycles. The van der Waals surface area contributed by atoms with Crippen LogP contribution in [0.15, 0.2) is 46.0 Å². The topological polar surface area (TPSA) is 118 Å². The van der Waals surface area contributed by atoms with E-state index < -0.39 is 11.8 Å². The SMILES string of the molecule is Cc1ccc2nc(C(=O)NC3CCC(F)(F)CC3)nc(N[C@H]3CCCC[C@H]3N=C(N)c3ccco3)c2c1. The van der Waals surface area contributed by atoms with Crippen molar-refractivity contribution >= 4 is 28.5 Å². The van der Waals surface area contributed by atoms with Crippen molar-refractivity contribution in [3.8, 4) is 0 Å². The molecule has 0 unspecified atom stereocenters. The highest BCUT2D eigenvalue weighted by Gasteiger charge is 2.35. The number of furan rings is 1. The number of amides is 1. The third kappa shape index (κ3) is 5.89. The van der Waals surface area contributed by atoms with Crippen LogP contribution < -0.4 is 16.4 Å². The van der Waals surface area contributed by atoms with Gasteiger partial charge in [-0.25, -0.2) is 18.7 Å². The summed E-state index contributed by atoms with van der Waals surface area (Å²) in [6.07, 6.45) is 5.37. The lowest BCUT2D eigenvalue weighted by molar-refractivity contribution is -0.0399. The molecular formula is C27H32F2N6O2. The van der Waals surface area contributed by atoms with Crippen LogP contribution in [0.2, 0.25) is 0 Å². The first-order valence-electron chi connectivity index (χ1n) is 12.9. The first-order chi connectivity index (χ1) is 17.8. The Morgan fingerprint density at radius 2 is 1.92 bits per heavy atom. The monoisotopic (exact) mass is 510 g/mol. The number of aliphatic imine (C=N–C) groups is 1. The minimum absolute atomic E-state index is 0.0159. The normalized spacial score (nSPS) is 22.6. The van der Waals surface area contributed by atoms with Crippen molar-refractivity contribution < 1.29 is 18.0 Å². The zero-order valence-corrected chi connectivity index (χ0v) is 20.8. The average Bonchev–Trinajstić information content (AvgIpc) is 3.42. The summed E-state index contributed by atoms with van der Waals surface area (Å²) >= 11 is 0. The van der Waals surface area contributed by atoms with E-state index in [2.05, 4.69) is 20.6 Å². The molecule has 2 fully saturated rings. The lowest BCUT2D eigenvalue weighted by Gasteiger charge is -2.30. The Bertz CT molecular complexity index is 1280. The number of alkyl halides is 2. The van der Waals surface area contributed by atoms with E-state index in [1.54, 1.807) is 18.4 Å². The lowest BCUT2D eigenvalue weighted by atomic mass is 9.90. The Balaban J connectivity index is 1.41. The summed E-state index contributed by atoms with van der Waals surface area (Å²) in [4.78, 5) is 26.9. The molecule has 4 N–H and O–H groups in total. The molecule has 1 amide bonds. The molecular weight excluding hydrogens is 478 g/mol. The van der Waals surface area contributed by atoms with Gasteiger partial charge in [0.05, 0.1) is 17.8 Å². The minimum atomic E-state index is -2.66. The molecule has 2 saturated carbocycles. The first-order valence-corrected chi connectivity index (χ1v) is 12.9. The Kier molecular flexibility index (Phi) is 7.08. The Labute approximate surface area is 214 Å². The maximum absolute atomic E-state index is 13.5. The second kappa shape index (κ2) is 10.4. The van der Waals surface area contributed by atoms with Crippen molar-refractivity contribution in [3.05, 3.63) is 53.7 Å². The predicted molar refractivity (Wildman–Crippen MR) is 138 cm³/mol. The number of nitrogens with zero attached hydrogens (tertiary/aromatic N) is 3. The number of anilines is 1. The number of carbonyl (C=O) groups is 1. The molecule has 37 heavy (non-hydrogen) atoms. The highest BCUT2D eigenvalue weighted by atomic mass is 19.3. The fraction of sp³-hybridized carbons (Fsp3) is 0.481. The number of benzene rings is 1. The molecule has 0 aliphatic heterocycles. The van der Waals surface area contributed by atoms with Crippen LogP contribution in [0.4, 0.5) is 14.6 Å². The van der Waals surface area contributed by atoms with Crippen LogP contribution in [-0.2, 0) is 0 Å². The Morgan fingerprint density at radius 3 is 2.68 bits per heavy atom. The molecule has 2 aromatic heterocycles. The number of halogens is 2. The van der Waals surface area contributed by atoms with Gasteiger partial charge in [-0.3, -0.25) is 9.79 Å². The Hall–Kier alpha value is -3.56. The molecule has 2 aliphatic rings. The van der Waals surface area contributed by atoms with Gasteiger partial charge in [0.2, 0.25) is 11.7 Å². The van der Waals surface area contributed by atoms with Crippen LogP contribution in [0.3, 0.4) is 0 Å². The fourth-order valence-electron chi connectivity index (χ4n) is 5.16. The number of amidine groups is 1. The zero-order valence-electron chi connectivity index (χ0n) is 20.8. The van der Waals surface area contributed by atoms with Crippen molar-refractivity contribution in [2.24, 2.45) is 10.7 Å². The van der Waals surface area contributed by atoms with Gasteiger partial charge in [-0.15, -0.1) is 0 Å². The summed E-state index contributed by atoms with van der Waals surface area (Å²) in [6.45, 7) is 1.99. The summed E-state index contributed by atoms with van der Waals surface area (Å²) in [7, 11) is 0. The highest BCUT2D eigenvalue weighted by Crippen LogP contribution is 2.33. The van der Waals surface area contributed by atoms with Gasteiger partial charge in [-0.05, 0) is 56.9 Å². The van der Waals surface area contributed by atoms with E-state index in [4.69, 9.17) is 15.1 Å². The van der Waals surface area contributed by atoms with Gasteiger partial charge < -0.3 is 20.8 Å². The summed E-state index contributed by atoms with van der Waals surface area (Å²) in [5.41, 5.74) is 7.88. The number of hydrogen-bond acceptors (Lipinski definition) is 6. The molecule has 8 nitrogen and oxygen atoms in total. The smallest absolute Gasteiger partial charge is 0.289 e. The largest absolute Gasteiger partial charge is 0.461 e. The number of aryl methyl sites for hydroxylation is 1. The van der Waals surface area contributed by atoms with E-state index >= 15 is 0 Å². The van der Waals surface area contributed by atoms with Crippen molar-refractivity contribution in [2.45, 2.75) is 82.3 Å². The maximum atomic E-state index is 13.5. The molecule has 0 spiro atoms. The van der Waals surface area contributed by atoms with Crippen molar-refractivity contribution in [3.63, 3.8) is 0 Å². The fourth-order valence-corrected chi connectivity index (χ4v) is 5.16. The summed E-state index contributed by atoms with van der Waals surface area (Å²) in [6, 6.07) is 8.89. The predicted octanol–water partition coefficient (Wildman–Crippen LogP) is 4.97. The molecule has 5 rings (SSSR count). The second-order valence-electron chi connectivity index (χ2n) is 10.1. The molecule has 2 atom stereocenters. The number of carbonyl (C=O) groups excluding carboxylic acids is 1. The minimum Gasteiger partial charge on any atom is -0.461 e. The zero-order chi connectivity index (χ0) is 26.0. The van der Waals surface area contributed by atoms with Crippen LogP contribution in [-0.4, -0.2) is 45.8 Å². The molecule has 0 bridgehead atoms. The average molecular weight is 511 g/mol. The van der Waals surface area contributed by atoms with Gasteiger partial charge >= 0.3 is 0 Å². The number of hydrogen-bond donors (Lipinski definition) is 3. The summed E-state index contributed by atoms with van der Waals surface area (Å²) in [5, 5.41) is 7.20. The van der Waals surface area contributed by atoms with E-state index in [9.17, 15) is 13.6 Å². The van der Waals surface area contributed by atoms with Crippen molar-refractivity contribution in [1.82, 2.24) is 15.3 Å². The Morgan fingerprint density at radius 1 is 1.14 bits per heavy atom. The van der Waals surface area contributed by atoms with Gasteiger partial charge in [-0.1, -0.05) is 24.5 Å². The van der Waals surface area contributed by atoms with Crippen LogP contribution in [0, 0.1) is 6.92 Å². The van der Waals surface area contributed by atoms with E-state index in [1.807, 2.05) is 25.1 Å². The standard InChI is InChI=1S/C27H32F2N6O2/c1-16-8-9-19-18(15-16)24(35-25(33-19)26(36)31-17-10-12-27(28,29)13-11-17)34-21-6-3-2-5-20(21)32-23(30)22-7-4-14-37-22/h4,7-9,14-15,17,20-21H,2-3,5-6,10-13H2,1H3,(H2,30,32)(H,31,36)(H,33,34,35)/t20-,21+/m1/s1. The molecule has 10 heteroatoms. The lowest BCUT2D eigenvalue weighted by Crippen LogP contribution is -2.41. The first kappa shape index (κ1) is 25.1. The summed E-state index contributed by atoms with van der Waals surface area (Å²) in [5.74, 6) is -1.66. The highest BCUT2D eigenvalue weighted by molar-refractivity contribution is 5.97. The number of fused-ring (bicyclic) bond motifs is 1. The molecule has 196 valence electrons. The third-order valence-electron chi connectivity index (χ3n) is 7.24. The van der Waals surface area contributed by atoms with Gasteiger partial charge in [0.15, 0.2) is 11.6 Å². The summed E-state index contributed by atoms with van der Waals surface area (Å²) < 4.78 is 32.5. The third-order valence-corrected chi connectivity index (χ3v) is 7.24. The van der Waals surface area contributed by atoms with Crippen molar-refractivity contribution in [1.29, 1.82) is 0 Å². The maximum Gasteiger partial charge on any atom is 0.289 e. The van der Waals surface area contributed by atoms with Crippen LogP contribution in [0.25, 0.3) is 10.9 Å².